The van der Waals surface area contributed by atoms with E-state index < -0.39 is 82.4 Å². The van der Waals surface area contributed by atoms with E-state index in [9.17, 15) is 39.4 Å². The van der Waals surface area contributed by atoms with Gasteiger partial charge < -0.3 is 28.4 Å². The highest BCUT2D eigenvalue weighted by molar-refractivity contribution is 5.68. The number of nitro benzene ring substituents is 2. The number of nitro groups is 2. The summed E-state index contributed by atoms with van der Waals surface area (Å²) in [5, 5.41) is 22.4. The van der Waals surface area contributed by atoms with Gasteiger partial charge >= 0.3 is 35.3 Å². The second-order valence-electron chi connectivity index (χ2n) is 7.35. The number of nitrogens with zero attached hydrogens (tertiary/aromatic N) is 2. The molecule has 1 aromatic rings. The summed E-state index contributed by atoms with van der Waals surface area (Å²) in [5.74, 6) is -3.63. The van der Waals surface area contributed by atoms with Crippen LogP contribution in [0, 0.1) is 20.2 Å². The van der Waals surface area contributed by atoms with Gasteiger partial charge in [-0.1, -0.05) is 0 Å². The van der Waals surface area contributed by atoms with E-state index in [0.29, 0.717) is 0 Å². The molecule has 16 heteroatoms. The molecule has 1 aliphatic heterocycles. The van der Waals surface area contributed by atoms with Gasteiger partial charge in [0.2, 0.25) is 12.4 Å². The van der Waals surface area contributed by atoms with Crippen LogP contribution in [-0.2, 0) is 42.9 Å². The minimum Gasteiger partial charge on any atom is -0.463 e. The Labute approximate surface area is 202 Å². The quantitative estimate of drug-likeness (QED) is 0.194. The number of carbonyl (C=O) groups is 4. The maximum absolute atomic E-state index is 11.8. The Balaban J connectivity index is 2.54. The van der Waals surface area contributed by atoms with Crippen molar-refractivity contribution in [1.82, 2.24) is 0 Å². The maximum atomic E-state index is 11.8. The van der Waals surface area contributed by atoms with Crippen LogP contribution in [0.15, 0.2) is 18.2 Å². The lowest BCUT2D eigenvalue weighted by Gasteiger charge is -2.43. The van der Waals surface area contributed by atoms with Gasteiger partial charge in [-0.05, 0) is 6.07 Å². The van der Waals surface area contributed by atoms with Crippen molar-refractivity contribution in [2.45, 2.75) is 58.4 Å². The first-order valence-electron chi connectivity index (χ1n) is 10.2. The topological polar surface area (TPSA) is 210 Å². The molecule has 16 nitrogen and oxygen atoms in total. The third-order valence-electron chi connectivity index (χ3n) is 4.54. The zero-order valence-electron chi connectivity index (χ0n) is 19.4. The van der Waals surface area contributed by atoms with E-state index in [0.717, 1.165) is 45.9 Å². The van der Waals surface area contributed by atoms with Crippen LogP contribution in [0.3, 0.4) is 0 Å². The van der Waals surface area contributed by atoms with Crippen molar-refractivity contribution in [2.24, 2.45) is 0 Å². The summed E-state index contributed by atoms with van der Waals surface area (Å²) in [6, 6.07) is 2.59. The second-order valence-corrected chi connectivity index (χ2v) is 7.35. The predicted octanol–water partition coefficient (Wildman–Crippen LogP) is 0.965. The van der Waals surface area contributed by atoms with Crippen molar-refractivity contribution in [1.29, 1.82) is 0 Å². The fourth-order valence-corrected chi connectivity index (χ4v) is 3.29. The summed E-state index contributed by atoms with van der Waals surface area (Å²) in [7, 11) is 0. The summed E-state index contributed by atoms with van der Waals surface area (Å²) in [4.78, 5) is 67.1. The third-order valence-corrected chi connectivity index (χ3v) is 4.54. The van der Waals surface area contributed by atoms with Crippen molar-refractivity contribution in [3.05, 3.63) is 38.4 Å². The predicted molar refractivity (Wildman–Crippen MR) is 112 cm³/mol. The summed E-state index contributed by atoms with van der Waals surface area (Å²) < 4.78 is 31.9. The molecule has 0 radical (unpaired) electrons. The summed E-state index contributed by atoms with van der Waals surface area (Å²) in [6.45, 7) is 3.68. The monoisotopic (exact) mass is 514 g/mol. The first kappa shape index (κ1) is 27.9. The highest BCUT2D eigenvalue weighted by Gasteiger charge is 2.53. The molecule has 0 amide bonds. The van der Waals surface area contributed by atoms with Crippen molar-refractivity contribution >= 4 is 35.3 Å². The van der Waals surface area contributed by atoms with E-state index in [-0.39, 0.29) is 5.75 Å². The van der Waals surface area contributed by atoms with Crippen LogP contribution in [0.25, 0.3) is 0 Å². The molecule has 0 N–H and O–H groups in total. The van der Waals surface area contributed by atoms with E-state index in [2.05, 4.69) is 0 Å². The molecule has 1 saturated heterocycles. The smallest absolute Gasteiger partial charge is 0.349 e. The van der Waals surface area contributed by atoms with Gasteiger partial charge in [0.1, 0.15) is 18.5 Å². The van der Waals surface area contributed by atoms with Gasteiger partial charge in [0.25, 0.3) is 0 Å². The summed E-state index contributed by atoms with van der Waals surface area (Å²) in [5.41, 5.74) is -1.71. The van der Waals surface area contributed by atoms with Crippen LogP contribution in [0.1, 0.15) is 27.7 Å². The first-order valence-corrected chi connectivity index (χ1v) is 10.2. The zero-order chi connectivity index (χ0) is 27.2. The third kappa shape index (κ3) is 7.33. The van der Waals surface area contributed by atoms with Crippen LogP contribution >= 0.6 is 0 Å². The molecule has 5 unspecified atom stereocenters. The van der Waals surface area contributed by atoms with Gasteiger partial charge in [0.15, 0.2) is 12.2 Å². The Bertz CT molecular complexity index is 1060. The van der Waals surface area contributed by atoms with Gasteiger partial charge in [-0.25, -0.2) is 0 Å². The van der Waals surface area contributed by atoms with Crippen molar-refractivity contribution in [3.8, 4) is 5.75 Å². The van der Waals surface area contributed by atoms with E-state index in [4.69, 9.17) is 28.4 Å². The van der Waals surface area contributed by atoms with E-state index in [1.807, 2.05) is 0 Å². The number of esters is 4. The molecule has 1 aromatic carbocycles. The van der Waals surface area contributed by atoms with Crippen LogP contribution < -0.4 is 4.74 Å². The molecular formula is C20H22N2O14. The van der Waals surface area contributed by atoms with Crippen molar-refractivity contribution < 1.29 is 57.4 Å². The molecule has 36 heavy (non-hydrogen) atoms. The lowest BCUT2D eigenvalue weighted by molar-refractivity contribution is -0.422. The largest absolute Gasteiger partial charge is 0.463 e. The Kier molecular flexibility index (Phi) is 9.20. The molecule has 1 heterocycles. The van der Waals surface area contributed by atoms with Crippen LogP contribution in [0.2, 0.25) is 0 Å². The molecular weight excluding hydrogens is 492 g/mol. The highest BCUT2D eigenvalue weighted by Crippen LogP contribution is 2.34. The molecule has 5 atom stereocenters. The molecule has 1 fully saturated rings. The van der Waals surface area contributed by atoms with Crippen molar-refractivity contribution in [3.63, 3.8) is 0 Å². The fraction of sp³-hybridized carbons (Fsp3) is 0.500. The zero-order valence-corrected chi connectivity index (χ0v) is 19.4. The lowest BCUT2D eigenvalue weighted by atomic mass is 9.98. The molecule has 0 bridgehead atoms. The molecule has 0 aromatic heterocycles. The maximum Gasteiger partial charge on any atom is 0.349 e. The molecule has 0 aliphatic carbocycles. The molecule has 1 aliphatic rings. The van der Waals surface area contributed by atoms with Crippen LogP contribution in [0.4, 0.5) is 11.4 Å². The highest BCUT2D eigenvalue weighted by atomic mass is 16.7. The summed E-state index contributed by atoms with van der Waals surface area (Å²) in [6.07, 6.45) is -7.51. The van der Waals surface area contributed by atoms with Gasteiger partial charge in [0, 0.05) is 33.8 Å². The minimum absolute atomic E-state index is 0.312. The lowest BCUT2D eigenvalue weighted by Crippen LogP contribution is -2.63. The van der Waals surface area contributed by atoms with Gasteiger partial charge in [-0.3, -0.25) is 39.4 Å². The number of hydrogen-bond acceptors (Lipinski definition) is 14. The van der Waals surface area contributed by atoms with Crippen LogP contribution in [-0.4, -0.2) is 71.0 Å². The molecule has 196 valence electrons. The number of benzene rings is 1. The Morgan fingerprint density at radius 2 is 1.33 bits per heavy atom. The van der Waals surface area contributed by atoms with E-state index in [1.54, 1.807) is 0 Å². The average molecular weight is 514 g/mol. The Hall–Kier alpha value is -4.34. The molecule has 0 saturated carbocycles. The number of ether oxygens (including phenoxy) is 6. The van der Waals surface area contributed by atoms with Gasteiger partial charge in [-0.15, -0.1) is 0 Å². The number of rotatable bonds is 9. The normalized spacial score (nSPS) is 23.1. The Morgan fingerprint density at radius 1 is 0.806 bits per heavy atom. The molecule has 0 spiro atoms. The average Bonchev–Trinajstić information content (AvgIpc) is 2.75. The van der Waals surface area contributed by atoms with E-state index >= 15 is 0 Å². The fourth-order valence-electron chi connectivity index (χ4n) is 3.29. The molecule has 2 rings (SSSR count). The standard InChI is InChI=1S/C20H22N2O14/c1-9(23)31-8-16-17(32-10(2)24)18(33-11(3)25)19(34-12(4)26)20(36-16)35-13-5-6-14(21(27)28)15(7-13)22(29)30/h5-7,16-20H,8H2,1-4H3. The summed E-state index contributed by atoms with van der Waals surface area (Å²) >= 11 is 0. The first-order chi connectivity index (χ1) is 16.8. The number of hydrogen-bond donors (Lipinski definition) is 0. The van der Waals surface area contributed by atoms with Gasteiger partial charge in [-0.2, -0.15) is 0 Å². The van der Waals surface area contributed by atoms with Crippen LogP contribution in [0.5, 0.6) is 5.75 Å². The Morgan fingerprint density at radius 3 is 1.83 bits per heavy atom. The van der Waals surface area contributed by atoms with Gasteiger partial charge in [0.05, 0.1) is 15.9 Å². The van der Waals surface area contributed by atoms with E-state index in [1.165, 1.54) is 0 Å². The minimum atomic E-state index is -1.66. The van der Waals surface area contributed by atoms with Crippen molar-refractivity contribution in [2.75, 3.05) is 6.61 Å². The number of carbonyl (C=O) groups excluding carboxylic acids is 4. The SMILES string of the molecule is CC(=O)OCC1OC(Oc2ccc([N+](=O)[O-])c([N+](=O)[O-])c2)C(OC(C)=O)C(OC(C)=O)C1OC(C)=O. The second kappa shape index (κ2) is 11.9.